The van der Waals surface area contributed by atoms with Crippen LogP contribution in [-0.2, 0) is 9.53 Å². The monoisotopic (exact) mass is 275 g/mol. The molecule has 1 atom stereocenters. The molecule has 1 unspecified atom stereocenters. The first-order valence-electron chi connectivity index (χ1n) is 6.25. The van der Waals surface area contributed by atoms with Crippen LogP contribution in [0.2, 0.25) is 0 Å². The molecule has 1 aromatic carbocycles. The molecule has 5 heteroatoms. The van der Waals surface area contributed by atoms with Crippen LogP contribution in [0.5, 0.6) is 11.5 Å². The molecule has 0 aliphatic rings. The standard InChI is InChI=1S/C15H17NO4/c1-9-8-13(20-10(2)15(17)19-4)11-6-5-7-12(18-3)14(11)16-9/h5-8,10H,1-4H3. The van der Waals surface area contributed by atoms with E-state index in [0.29, 0.717) is 17.0 Å². The lowest BCUT2D eigenvalue weighted by Crippen LogP contribution is -2.25. The zero-order valence-electron chi connectivity index (χ0n) is 12.0. The highest BCUT2D eigenvalue weighted by molar-refractivity contribution is 5.90. The smallest absolute Gasteiger partial charge is 0.346 e. The quantitative estimate of drug-likeness (QED) is 0.802. The topological polar surface area (TPSA) is 57.7 Å². The van der Waals surface area contributed by atoms with Gasteiger partial charge >= 0.3 is 5.97 Å². The van der Waals surface area contributed by atoms with Crippen molar-refractivity contribution in [1.29, 1.82) is 0 Å². The van der Waals surface area contributed by atoms with E-state index in [4.69, 9.17) is 9.47 Å². The van der Waals surface area contributed by atoms with Gasteiger partial charge in [0.2, 0.25) is 0 Å². The normalized spacial score (nSPS) is 12.0. The Morgan fingerprint density at radius 2 is 2.00 bits per heavy atom. The zero-order valence-corrected chi connectivity index (χ0v) is 12.0. The largest absolute Gasteiger partial charge is 0.494 e. The molecule has 0 fully saturated rings. The van der Waals surface area contributed by atoms with Gasteiger partial charge in [0.05, 0.1) is 14.2 Å². The van der Waals surface area contributed by atoms with Crippen molar-refractivity contribution in [3.05, 3.63) is 30.0 Å². The van der Waals surface area contributed by atoms with Crippen molar-refractivity contribution in [3.63, 3.8) is 0 Å². The van der Waals surface area contributed by atoms with Crippen LogP contribution in [0.1, 0.15) is 12.6 Å². The Labute approximate surface area is 117 Å². The lowest BCUT2D eigenvalue weighted by atomic mass is 10.1. The third-order valence-electron chi connectivity index (χ3n) is 2.95. The number of esters is 1. The van der Waals surface area contributed by atoms with E-state index in [9.17, 15) is 4.79 Å². The van der Waals surface area contributed by atoms with Gasteiger partial charge in [0, 0.05) is 17.1 Å². The minimum absolute atomic E-state index is 0.421. The number of hydrogen-bond donors (Lipinski definition) is 0. The first-order valence-corrected chi connectivity index (χ1v) is 6.25. The molecule has 0 bridgehead atoms. The van der Waals surface area contributed by atoms with E-state index >= 15 is 0 Å². The number of aryl methyl sites for hydroxylation is 1. The molecular formula is C15H17NO4. The Morgan fingerprint density at radius 1 is 1.25 bits per heavy atom. The number of methoxy groups -OCH3 is 2. The molecule has 0 amide bonds. The molecule has 0 aliphatic carbocycles. The van der Waals surface area contributed by atoms with Crippen molar-refractivity contribution in [3.8, 4) is 11.5 Å². The van der Waals surface area contributed by atoms with Crippen molar-refractivity contribution in [1.82, 2.24) is 4.98 Å². The molecule has 1 aromatic heterocycles. The van der Waals surface area contributed by atoms with Gasteiger partial charge in [-0.2, -0.15) is 0 Å². The molecular weight excluding hydrogens is 258 g/mol. The van der Waals surface area contributed by atoms with Gasteiger partial charge in [-0.05, 0) is 26.0 Å². The number of nitrogens with zero attached hydrogens (tertiary/aromatic N) is 1. The Kier molecular flexibility index (Phi) is 4.08. The second-order valence-electron chi connectivity index (χ2n) is 4.40. The lowest BCUT2D eigenvalue weighted by molar-refractivity contribution is -0.147. The number of para-hydroxylation sites is 1. The lowest BCUT2D eigenvalue weighted by Gasteiger charge is -2.15. The highest BCUT2D eigenvalue weighted by Crippen LogP contribution is 2.31. The van der Waals surface area contributed by atoms with Crippen molar-refractivity contribution in [2.45, 2.75) is 20.0 Å². The molecule has 106 valence electrons. The molecule has 0 saturated carbocycles. The van der Waals surface area contributed by atoms with E-state index in [1.54, 1.807) is 20.1 Å². The van der Waals surface area contributed by atoms with Gasteiger partial charge in [0.25, 0.3) is 0 Å². The summed E-state index contributed by atoms with van der Waals surface area (Å²) in [7, 11) is 2.93. The number of aromatic nitrogens is 1. The summed E-state index contributed by atoms with van der Waals surface area (Å²) in [6.07, 6.45) is -0.684. The fraction of sp³-hybridized carbons (Fsp3) is 0.333. The average Bonchev–Trinajstić information content (AvgIpc) is 2.45. The van der Waals surface area contributed by atoms with Crippen LogP contribution in [0.3, 0.4) is 0 Å². The maximum atomic E-state index is 11.5. The first kappa shape index (κ1) is 14.1. The highest BCUT2D eigenvalue weighted by atomic mass is 16.6. The number of rotatable bonds is 4. The predicted molar refractivity (Wildman–Crippen MR) is 75.1 cm³/mol. The predicted octanol–water partition coefficient (Wildman–Crippen LogP) is 2.49. The van der Waals surface area contributed by atoms with E-state index in [1.165, 1.54) is 7.11 Å². The summed E-state index contributed by atoms with van der Waals surface area (Å²) in [5, 5.41) is 0.797. The van der Waals surface area contributed by atoms with Crippen molar-refractivity contribution >= 4 is 16.9 Å². The van der Waals surface area contributed by atoms with Gasteiger partial charge in [-0.25, -0.2) is 9.78 Å². The van der Waals surface area contributed by atoms with Gasteiger partial charge in [0.15, 0.2) is 6.10 Å². The number of pyridine rings is 1. The molecule has 5 nitrogen and oxygen atoms in total. The van der Waals surface area contributed by atoms with Crippen LogP contribution in [0.4, 0.5) is 0 Å². The van der Waals surface area contributed by atoms with E-state index in [2.05, 4.69) is 9.72 Å². The second kappa shape index (κ2) is 5.77. The number of carbonyl (C=O) groups is 1. The third-order valence-corrected chi connectivity index (χ3v) is 2.95. The summed E-state index contributed by atoms with van der Waals surface area (Å²) in [6, 6.07) is 7.36. The molecule has 2 aromatic rings. The van der Waals surface area contributed by atoms with Crippen molar-refractivity contribution < 1.29 is 19.0 Å². The zero-order chi connectivity index (χ0) is 14.7. The summed E-state index contributed by atoms with van der Waals surface area (Å²) in [5.41, 5.74) is 1.50. The van der Waals surface area contributed by atoms with Crippen LogP contribution in [0.15, 0.2) is 24.3 Å². The molecule has 0 N–H and O–H groups in total. The third kappa shape index (κ3) is 2.66. The van der Waals surface area contributed by atoms with Crippen LogP contribution >= 0.6 is 0 Å². The van der Waals surface area contributed by atoms with E-state index in [0.717, 1.165) is 11.1 Å². The van der Waals surface area contributed by atoms with E-state index < -0.39 is 12.1 Å². The summed E-state index contributed by atoms with van der Waals surface area (Å²) >= 11 is 0. The van der Waals surface area contributed by atoms with Crippen LogP contribution in [0, 0.1) is 6.92 Å². The number of benzene rings is 1. The Balaban J connectivity index is 2.50. The first-order chi connectivity index (χ1) is 9.56. The summed E-state index contributed by atoms with van der Waals surface area (Å²) < 4.78 is 15.7. The fourth-order valence-corrected chi connectivity index (χ4v) is 1.98. The summed E-state index contributed by atoms with van der Waals surface area (Å²) in [6.45, 7) is 3.51. The fourth-order valence-electron chi connectivity index (χ4n) is 1.98. The van der Waals surface area contributed by atoms with E-state index in [1.807, 2.05) is 25.1 Å². The highest BCUT2D eigenvalue weighted by Gasteiger charge is 2.17. The minimum atomic E-state index is -0.684. The number of ether oxygens (including phenoxy) is 3. The van der Waals surface area contributed by atoms with Crippen molar-refractivity contribution in [2.75, 3.05) is 14.2 Å². The van der Waals surface area contributed by atoms with Crippen molar-refractivity contribution in [2.24, 2.45) is 0 Å². The Hall–Kier alpha value is -2.30. The summed E-state index contributed by atoms with van der Waals surface area (Å²) in [4.78, 5) is 15.9. The number of fused-ring (bicyclic) bond motifs is 1. The van der Waals surface area contributed by atoms with Crippen LogP contribution in [0.25, 0.3) is 10.9 Å². The average molecular weight is 275 g/mol. The minimum Gasteiger partial charge on any atom is -0.494 e. The van der Waals surface area contributed by atoms with Crippen LogP contribution in [-0.4, -0.2) is 31.3 Å². The maximum absolute atomic E-state index is 11.5. The molecule has 0 aliphatic heterocycles. The van der Waals surface area contributed by atoms with Gasteiger partial charge in [0.1, 0.15) is 17.0 Å². The van der Waals surface area contributed by atoms with E-state index in [-0.39, 0.29) is 0 Å². The molecule has 0 spiro atoms. The van der Waals surface area contributed by atoms with Gasteiger partial charge < -0.3 is 14.2 Å². The van der Waals surface area contributed by atoms with Gasteiger partial charge in [-0.15, -0.1) is 0 Å². The SMILES string of the molecule is COC(=O)C(C)Oc1cc(C)nc2c(OC)cccc12. The Bertz CT molecular complexity index is 639. The van der Waals surface area contributed by atoms with Gasteiger partial charge in [-0.3, -0.25) is 0 Å². The number of carbonyl (C=O) groups excluding carboxylic acids is 1. The van der Waals surface area contributed by atoms with Crippen LogP contribution < -0.4 is 9.47 Å². The molecule has 20 heavy (non-hydrogen) atoms. The molecule has 0 radical (unpaired) electrons. The summed E-state index contributed by atoms with van der Waals surface area (Å²) in [5.74, 6) is 0.835. The second-order valence-corrected chi connectivity index (χ2v) is 4.40. The number of hydrogen-bond acceptors (Lipinski definition) is 5. The molecule has 1 heterocycles. The molecule has 0 saturated heterocycles. The van der Waals surface area contributed by atoms with Gasteiger partial charge in [-0.1, -0.05) is 6.07 Å². The molecule has 2 rings (SSSR count). The Morgan fingerprint density at radius 3 is 2.65 bits per heavy atom. The maximum Gasteiger partial charge on any atom is 0.346 e.